The fraction of sp³-hybridized carbons (Fsp3) is 0.632. The molecule has 4 aliphatic carbocycles. The van der Waals surface area contributed by atoms with E-state index >= 15 is 0 Å². The van der Waals surface area contributed by atoms with Gasteiger partial charge in [0.25, 0.3) is 0 Å². The van der Waals surface area contributed by atoms with Crippen molar-refractivity contribution in [1.82, 2.24) is 0 Å². The molecule has 0 spiro atoms. The van der Waals surface area contributed by atoms with Crippen LogP contribution in [0.15, 0.2) is 66.7 Å². The zero-order valence-corrected chi connectivity index (χ0v) is 25.0. The molecule has 2 aromatic rings. The van der Waals surface area contributed by atoms with Crippen LogP contribution in [0.4, 0.5) is 0 Å². The molecule has 4 saturated carbocycles. The van der Waals surface area contributed by atoms with Crippen LogP contribution in [-0.2, 0) is 0 Å². The Labute approximate surface area is 238 Å². The Kier molecular flexibility index (Phi) is 7.60. The molecule has 39 heavy (non-hydrogen) atoms. The molecule has 9 unspecified atom stereocenters. The Morgan fingerprint density at radius 2 is 1.44 bits per heavy atom. The lowest BCUT2D eigenvalue weighted by molar-refractivity contribution is -0.152. The van der Waals surface area contributed by atoms with Crippen molar-refractivity contribution in [3.8, 4) is 0 Å². The van der Waals surface area contributed by atoms with Crippen molar-refractivity contribution in [2.24, 2.45) is 52.3 Å². The van der Waals surface area contributed by atoms with Crippen molar-refractivity contribution in [3.05, 3.63) is 77.9 Å². The molecule has 0 aromatic heterocycles. The van der Waals surface area contributed by atoms with Crippen LogP contribution in [0.5, 0.6) is 0 Å². The van der Waals surface area contributed by atoms with Crippen LogP contribution < -0.4 is 0 Å². The number of rotatable bonds is 6. The molecule has 6 rings (SSSR count). The van der Waals surface area contributed by atoms with Gasteiger partial charge in [-0.3, -0.25) is 0 Å². The van der Waals surface area contributed by atoms with Gasteiger partial charge in [-0.05, 0) is 127 Å². The topological polar surface area (TPSA) is 20.2 Å². The van der Waals surface area contributed by atoms with E-state index in [2.05, 4.69) is 94.4 Å². The summed E-state index contributed by atoms with van der Waals surface area (Å²) in [5, 5.41) is 10.6. The summed E-state index contributed by atoms with van der Waals surface area (Å²) >= 11 is 0. The molecule has 0 aliphatic heterocycles. The highest BCUT2D eigenvalue weighted by molar-refractivity contribution is 5.79. The van der Waals surface area contributed by atoms with Crippen molar-refractivity contribution in [2.75, 3.05) is 0 Å². The molecular formula is C38H52O. The van der Waals surface area contributed by atoms with Crippen molar-refractivity contribution in [1.29, 1.82) is 0 Å². The van der Waals surface area contributed by atoms with Crippen LogP contribution in [0.25, 0.3) is 5.57 Å². The van der Waals surface area contributed by atoms with E-state index in [-0.39, 0.29) is 6.10 Å². The summed E-state index contributed by atoms with van der Waals surface area (Å²) in [6, 6.07) is 22.0. The molecule has 0 radical (unpaired) electrons. The Balaban J connectivity index is 1.23. The zero-order valence-electron chi connectivity index (χ0n) is 25.0. The second-order valence-electron chi connectivity index (χ2n) is 14.6. The second-order valence-corrected chi connectivity index (χ2v) is 14.6. The average molecular weight is 525 g/mol. The predicted molar refractivity (Wildman–Crippen MR) is 164 cm³/mol. The number of benzene rings is 2. The second kappa shape index (κ2) is 10.8. The SMILES string of the molecule is CC[C@H]1CC2C3CCC(C(C)CC=C(c4ccccc4)c4ccccc4)C3(C)CCC2C2(C)CCC(O)CC12. The fourth-order valence-electron chi connectivity index (χ4n) is 11.0. The highest BCUT2D eigenvalue weighted by atomic mass is 16.3. The maximum Gasteiger partial charge on any atom is 0.0543 e. The van der Waals surface area contributed by atoms with E-state index in [9.17, 15) is 5.11 Å². The van der Waals surface area contributed by atoms with Gasteiger partial charge in [-0.15, -0.1) is 0 Å². The molecular weight excluding hydrogens is 472 g/mol. The van der Waals surface area contributed by atoms with Crippen LogP contribution in [0.3, 0.4) is 0 Å². The van der Waals surface area contributed by atoms with Gasteiger partial charge in [-0.25, -0.2) is 0 Å². The number of fused-ring (bicyclic) bond motifs is 5. The molecule has 210 valence electrons. The van der Waals surface area contributed by atoms with E-state index in [1.807, 2.05) is 0 Å². The first-order valence-electron chi connectivity index (χ1n) is 16.3. The number of allylic oxidation sites excluding steroid dienone is 1. The van der Waals surface area contributed by atoms with E-state index in [0.717, 1.165) is 54.8 Å². The average Bonchev–Trinajstić information content (AvgIpc) is 3.32. The van der Waals surface area contributed by atoms with Gasteiger partial charge >= 0.3 is 0 Å². The quantitative estimate of drug-likeness (QED) is 0.399. The maximum atomic E-state index is 10.6. The lowest BCUT2D eigenvalue weighted by atomic mass is 9.42. The van der Waals surface area contributed by atoms with Gasteiger partial charge in [0.2, 0.25) is 0 Å². The first-order chi connectivity index (χ1) is 18.8. The Morgan fingerprint density at radius 1 is 0.821 bits per heavy atom. The minimum absolute atomic E-state index is 0.0519. The summed E-state index contributed by atoms with van der Waals surface area (Å²) in [5.41, 5.74) is 5.00. The van der Waals surface area contributed by atoms with Crippen molar-refractivity contribution in [2.45, 2.75) is 98.0 Å². The Hall–Kier alpha value is -1.86. The highest BCUT2D eigenvalue weighted by Gasteiger charge is 2.62. The van der Waals surface area contributed by atoms with Crippen molar-refractivity contribution >= 4 is 5.57 Å². The first kappa shape index (κ1) is 27.3. The summed E-state index contributed by atoms with van der Waals surface area (Å²) < 4.78 is 0. The third-order valence-corrected chi connectivity index (χ3v) is 13.0. The van der Waals surface area contributed by atoms with Crippen LogP contribution in [-0.4, -0.2) is 11.2 Å². The minimum Gasteiger partial charge on any atom is -0.393 e. The third kappa shape index (κ3) is 4.75. The van der Waals surface area contributed by atoms with Crippen LogP contribution in [0.2, 0.25) is 0 Å². The molecule has 1 heteroatoms. The molecule has 0 saturated heterocycles. The van der Waals surface area contributed by atoms with Crippen molar-refractivity contribution in [3.63, 3.8) is 0 Å². The summed E-state index contributed by atoms with van der Waals surface area (Å²) in [4.78, 5) is 0. The molecule has 0 amide bonds. The third-order valence-electron chi connectivity index (χ3n) is 13.0. The van der Waals surface area contributed by atoms with Gasteiger partial charge in [0.15, 0.2) is 0 Å². The molecule has 1 N–H and O–H groups in total. The lowest BCUT2D eigenvalue weighted by Gasteiger charge is -2.63. The van der Waals surface area contributed by atoms with Gasteiger partial charge in [-0.1, -0.05) is 101 Å². The van der Waals surface area contributed by atoms with Crippen LogP contribution in [0, 0.1) is 52.3 Å². The maximum absolute atomic E-state index is 10.6. The van der Waals surface area contributed by atoms with E-state index in [1.165, 1.54) is 61.6 Å². The molecule has 0 bridgehead atoms. The van der Waals surface area contributed by atoms with E-state index in [4.69, 9.17) is 0 Å². The van der Waals surface area contributed by atoms with Gasteiger partial charge in [-0.2, -0.15) is 0 Å². The fourth-order valence-corrected chi connectivity index (χ4v) is 11.0. The smallest absolute Gasteiger partial charge is 0.0543 e. The predicted octanol–water partition coefficient (Wildman–Crippen LogP) is 9.80. The summed E-state index contributed by atoms with van der Waals surface area (Å²) in [5.74, 6) is 5.77. The standard InChI is InChI=1S/C38H52O/c1-5-27-24-32-34-19-18-33(37(34,3)23-21-35(32)38(4)22-20-30(39)25-36(27)38)26(2)16-17-31(28-12-8-6-9-13-28)29-14-10-7-11-15-29/h6-15,17,26-27,30,32-36,39H,5,16,18-25H2,1-4H3/t26?,27-,30?,32?,33?,34?,35?,36?,37?,38?/m0/s1. The van der Waals surface area contributed by atoms with Gasteiger partial charge in [0.05, 0.1) is 6.10 Å². The number of hydrogen-bond donors (Lipinski definition) is 1. The molecule has 10 atom stereocenters. The molecule has 4 fully saturated rings. The zero-order chi connectivity index (χ0) is 27.2. The minimum atomic E-state index is -0.0519. The molecule has 0 heterocycles. The first-order valence-corrected chi connectivity index (χ1v) is 16.3. The Bertz CT molecular complexity index is 1090. The number of aliphatic hydroxyl groups is 1. The highest BCUT2D eigenvalue weighted by Crippen LogP contribution is 2.69. The monoisotopic (exact) mass is 524 g/mol. The molecule has 2 aromatic carbocycles. The number of aliphatic hydroxyl groups excluding tert-OH is 1. The van der Waals surface area contributed by atoms with Gasteiger partial charge in [0, 0.05) is 0 Å². The summed E-state index contributed by atoms with van der Waals surface area (Å²) in [6.07, 6.45) is 15.5. The van der Waals surface area contributed by atoms with E-state index < -0.39 is 0 Å². The van der Waals surface area contributed by atoms with Crippen molar-refractivity contribution < 1.29 is 5.11 Å². The van der Waals surface area contributed by atoms with Crippen LogP contribution in [0.1, 0.15) is 103 Å². The number of hydrogen-bond acceptors (Lipinski definition) is 1. The Morgan fingerprint density at radius 3 is 2.08 bits per heavy atom. The largest absolute Gasteiger partial charge is 0.393 e. The summed E-state index contributed by atoms with van der Waals surface area (Å²) in [6.45, 7) is 10.3. The molecule has 4 aliphatic rings. The van der Waals surface area contributed by atoms with Gasteiger partial charge < -0.3 is 5.11 Å². The lowest BCUT2D eigenvalue weighted by Crippen LogP contribution is -2.56. The summed E-state index contributed by atoms with van der Waals surface area (Å²) in [7, 11) is 0. The normalized spacial score (nSPS) is 40.2. The van der Waals surface area contributed by atoms with Crippen LogP contribution >= 0.6 is 0 Å². The van der Waals surface area contributed by atoms with E-state index in [1.54, 1.807) is 0 Å². The van der Waals surface area contributed by atoms with Gasteiger partial charge in [0.1, 0.15) is 0 Å². The molecule has 1 nitrogen and oxygen atoms in total. The van der Waals surface area contributed by atoms with E-state index in [0.29, 0.717) is 16.7 Å².